The maximum absolute atomic E-state index is 12.5. The van der Waals surface area contributed by atoms with Gasteiger partial charge in [-0.25, -0.2) is 19.2 Å². The van der Waals surface area contributed by atoms with Crippen LogP contribution in [0.3, 0.4) is 0 Å². The van der Waals surface area contributed by atoms with Crippen LogP contribution < -0.4 is 0 Å². The Balaban J connectivity index is 0.000000419. The fraction of sp³-hybridized carbons (Fsp3) is 0. The van der Waals surface area contributed by atoms with Crippen molar-refractivity contribution in [2.75, 3.05) is 0 Å². The number of hydrogen-bond donors (Lipinski definition) is 25. The third-order valence-electron chi connectivity index (χ3n) is 9.79. The van der Waals surface area contributed by atoms with Crippen molar-refractivity contribution in [3.63, 3.8) is 0 Å². The Bertz CT molecular complexity index is 3170. The third kappa shape index (κ3) is 18.5. The molecule has 7 aromatic carbocycles. The van der Waals surface area contributed by atoms with Gasteiger partial charge in [-0.1, -0.05) is 0 Å². The molecular formula is C49H39GaO35Ti. The molecule has 25 N–H and O–H groups in total. The zero-order chi connectivity index (χ0) is 64.8. The van der Waals surface area contributed by atoms with Crippen molar-refractivity contribution in [2.45, 2.75) is 0 Å². The quantitative estimate of drug-likeness (QED) is 0.0691. The number of benzene rings is 7. The molecule has 0 aliphatic rings. The Kier molecular flexibility index (Phi) is 24.1. The maximum atomic E-state index is 12.5. The first kappa shape index (κ1) is 70.1. The molecule has 7 aromatic rings. The van der Waals surface area contributed by atoms with Crippen molar-refractivity contribution >= 4 is 59.1 Å². The van der Waals surface area contributed by atoms with Crippen LogP contribution in [0.25, 0.3) is 0 Å². The molecule has 0 radical (unpaired) electrons. The molecule has 86 heavy (non-hydrogen) atoms. The SMILES string of the molecule is O=C(O)c1cc(O)c(O)c(O)c1.O=C(O)c1cc(O)c(O)c(O)c1.O=C(O)c1cc(O)c(O)c(O)c1.O=C(O)c1cc(O)c(O)c(O)c1.O=C([O][Ga]([O]C(=O)c1cc(O)c(O)c(O)c1)[O]C(=O)c1cc(O)c(O)c(O)c1)c1cc(O)c(O)c(O)c1.[Ti]. The Morgan fingerprint density at radius 3 is 0.430 bits per heavy atom. The minimum atomic E-state index is -4.88. The van der Waals surface area contributed by atoms with Gasteiger partial charge in [0.2, 0.25) is 0 Å². The first-order valence-corrected chi connectivity index (χ1v) is 24.6. The molecule has 452 valence electrons. The summed E-state index contributed by atoms with van der Waals surface area (Å²) in [6, 6.07) is 10.8. The van der Waals surface area contributed by atoms with Crippen LogP contribution in [0.5, 0.6) is 121 Å². The van der Waals surface area contributed by atoms with Gasteiger partial charge in [-0.3, -0.25) is 0 Å². The second-order valence-electron chi connectivity index (χ2n) is 15.8. The second kappa shape index (κ2) is 29.6. The average Bonchev–Trinajstić information content (AvgIpc) is 3.16. The zero-order valence-electron chi connectivity index (χ0n) is 41.9. The number of carbonyl (C=O) groups excluding carboxylic acids is 3. The van der Waals surface area contributed by atoms with Crippen molar-refractivity contribution in [1.82, 2.24) is 0 Å². The van der Waals surface area contributed by atoms with Crippen molar-refractivity contribution < 1.29 is 194 Å². The number of aromatic hydroxyl groups is 21. The molecule has 0 atom stereocenters. The van der Waals surface area contributed by atoms with E-state index in [0.29, 0.717) is 36.4 Å². The van der Waals surface area contributed by atoms with Crippen molar-refractivity contribution in [3.05, 3.63) is 124 Å². The number of phenols is 21. The Labute approximate surface area is 495 Å². The fourth-order valence-electron chi connectivity index (χ4n) is 5.62. The standard InChI is InChI=1S/7C7H6O5.Ga.Ti/c7*8-4-1-3(7(11)12)2-5(9)6(4)10;;/h7*1-2,8-10H,(H,11,12);;/q;;;;;;;+3;/p-3. The van der Waals surface area contributed by atoms with E-state index in [1.807, 2.05) is 0 Å². The number of carboxylic acid groups (broad SMARTS) is 4. The third-order valence-corrected chi connectivity index (χ3v) is 12.4. The summed E-state index contributed by atoms with van der Waals surface area (Å²) in [7, 11) is 0. The number of carbonyl (C=O) groups is 7. The van der Waals surface area contributed by atoms with E-state index in [1.165, 1.54) is 0 Å². The van der Waals surface area contributed by atoms with Gasteiger partial charge in [0.1, 0.15) is 0 Å². The molecule has 0 aliphatic carbocycles. The van der Waals surface area contributed by atoms with E-state index < -0.39 is 197 Å². The van der Waals surface area contributed by atoms with Crippen LogP contribution in [-0.2, 0) is 32.3 Å². The number of aromatic carboxylic acids is 4. The molecule has 35 nitrogen and oxygen atoms in total. The van der Waals surface area contributed by atoms with Gasteiger partial charge in [-0.05, 0) is 48.5 Å². The summed E-state index contributed by atoms with van der Waals surface area (Å²) in [5.41, 5.74) is -2.88. The first-order chi connectivity index (χ1) is 39.4. The molecular weight excluding hydrogens is 1270 g/mol. The zero-order valence-corrected chi connectivity index (χ0v) is 45.9. The molecule has 0 saturated carbocycles. The smallest absolute Gasteiger partial charge is 0 e. The Hall–Kier alpha value is -12.0. The van der Waals surface area contributed by atoms with Gasteiger partial charge in [0, 0.05) is 21.7 Å². The van der Waals surface area contributed by atoms with E-state index in [1.54, 1.807) is 0 Å². The normalized spacial score (nSPS) is 9.86. The van der Waals surface area contributed by atoms with Crippen molar-refractivity contribution in [2.24, 2.45) is 0 Å². The summed E-state index contributed by atoms with van der Waals surface area (Å²) in [5.74, 6) is -25.9. The minimum absolute atomic E-state index is 0. The molecule has 0 bridgehead atoms. The van der Waals surface area contributed by atoms with Crippen LogP contribution in [0, 0.1) is 0 Å². The largest absolute Gasteiger partial charge is 0 e. The fourth-order valence-corrected chi connectivity index (χ4v) is 7.87. The molecule has 0 heterocycles. The van der Waals surface area contributed by atoms with Crippen LogP contribution in [0.4, 0.5) is 0 Å². The van der Waals surface area contributed by atoms with E-state index in [2.05, 4.69) is 0 Å². The van der Waals surface area contributed by atoms with Crippen LogP contribution in [0.2, 0.25) is 0 Å². The van der Waals surface area contributed by atoms with Crippen LogP contribution in [0.15, 0.2) is 84.9 Å². The van der Waals surface area contributed by atoms with E-state index in [-0.39, 0.29) is 44.0 Å². The van der Waals surface area contributed by atoms with Crippen molar-refractivity contribution in [3.8, 4) is 121 Å². The number of carboxylic acids is 4. The second-order valence-corrected chi connectivity index (χ2v) is 18.5. The summed E-state index contributed by atoms with van der Waals surface area (Å²) in [4.78, 5) is 78.8. The first-order valence-electron chi connectivity index (χ1n) is 21.7. The van der Waals surface area contributed by atoms with Gasteiger partial charge >= 0.3 is 235 Å². The van der Waals surface area contributed by atoms with E-state index in [9.17, 15) is 79.5 Å². The molecule has 0 saturated heterocycles. The summed E-state index contributed by atoms with van der Waals surface area (Å²) in [6.45, 7) is 0. The molecule has 0 aliphatic heterocycles. The summed E-state index contributed by atoms with van der Waals surface area (Å²) in [5, 5.41) is 226. The van der Waals surface area contributed by atoms with Gasteiger partial charge in [0.25, 0.3) is 0 Å². The molecule has 0 spiro atoms. The monoisotopic (exact) mass is 1300 g/mol. The van der Waals surface area contributed by atoms with Gasteiger partial charge < -0.3 is 81.7 Å². The predicted octanol–water partition coefficient (Wildman–Crippen LogP) is 2.90. The summed E-state index contributed by atoms with van der Waals surface area (Å²) >= 11 is -4.88. The predicted molar refractivity (Wildman–Crippen MR) is 270 cm³/mol. The van der Waals surface area contributed by atoms with Crippen LogP contribution in [0.1, 0.15) is 72.5 Å². The Morgan fingerprint density at radius 2 is 0.326 bits per heavy atom. The summed E-state index contributed by atoms with van der Waals surface area (Å²) in [6.07, 6.45) is 0. The maximum Gasteiger partial charge on any atom is 0 e. The Morgan fingerprint density at radius 1 is 0.221 bits per heavy atom. The molecule has 0 aromatic heterocycles. The average molecular weight is 1310 g/mol. The molecule has 0 fully saturated rings. The molecule has 37 heteroatoms. The van der Waals surface area contributed by atoms with Crippen LogP contribution in [-0.4, -0.2) is 187 Å². The number of rotatable bonds is 10. The topological polar surface area (TPSA) is 653 Å². The minimum Gasteiger partial charge on any atom is 0 e. The molecule has 7 rings (SSSR count). The van der Waals surface area contributed by atoms with Gasteiger partial charge in [-0.2, -0.15) is 0 Å². The van der Waals surface area contributed by atoms with Gasteiger partial charge in [-0.15, -0.1) is 0 Å². The summed E-state index contributed by atoms with van der Waals surface area (Å²) < 4.78 is 14.8. The van der Waals surface area contributed by atoms with Crippen LogP contribution >= 0.6 is 0 Å². The van der Waals surface area contributed by atoms with Crippen molar-refractivity contribution in [1.29, 1.82) is 0 Å². The molecule has 0 amide bonds. The van der Waals surface area contributed by atoms with E-state index in [0.717, 1.165) is 48.5 Å². The van der Waals surface area contributed by atoms with E-state index >= 15 is 0 Å². The number of hydrogen-bond acceptors (Lipinski definition) is 31. The molecule has 0 unspecified atom stereocenters. The van der Waals surface area contributed by atoms with Gasteiger partial charge in [0.15, 0.2) is 69.0 Å². The van der Waals surface area contributed by atoms with Gasteiger partial charge in [0.05, 0.1) is 22.3 Å². The number of phenolic OH excluding ortho intramolecular Hbond substituents is 21. The van der Waals surface area contributed by atoms with E-state index in [4.69, 9.17) is 92.3 Å².